The van der Waals surface area contributed by atoms with E-state index in [0.29, 0.717) is 16.6 Å². The molecule has 5 rings (SSSR count). The number of hydrogen-bond donors (Lipinski definition) is 0. The summed E-state index contributed by atoms with van der Waals surface area (Å²) in [6, 6.07) is 41.7. The third kappa shape index (κ3) is 4.71. The van der Waals surface area contributed by atoms with Crippen molar-refractivity contribution in [2.45, 2.75) is 6.54 Å². The number of rotatable bonds is 5. The van der Waals surface area contributed by atoms with Gasteiger partial charge in [0.25, 0.3) is 0 Å². The van der Waals surface area contributed by atoms with Crippen LogP contribution in [0.4, 0.5) is 0 Å². The van der Waals surface area contributed by atoms with Crippen LogP contribution in [0, 0.1) is 0 Å². The van der Waals surface area contributed by atoms with Gasteiger partial charge in [-0.15, -0.1) is 0 Å². The van der Waals surface area contributed by atoms with Gasteiger partial charge >= 0.3 is 0 Å². The first-order valence-electron chi connectivity index (χ1n) is 10.9. The van der Waals surface area contributed by atoms with Crippen molar-refractivity contribution in [3.63, 3.8) is 0 Å². The molecule has 3 heteroatoms. The standard InChI is InChI=1S/C30H22Cl2N/c31-27-17-16-25(28(32)20-27)21-33-29(23-12-6-2-7-13-23)18-26(22-10-4-1-5-11-22)19-30(33)24-14-8-3-9-15-24/h1-20H,21H2/q+1. The Kier molecular flexibility index (Phi) is 6.26. The minimum Gasteiger partial charge on any atom is -0.187 e. The number of benzene rings is 4. The van der Waals surface area contributed by atoms with Crippen molar-refractivity contribution in [1.29, 1.82) is 0 Å². The Labute approximate surface area is 204 Å². The van der Waals surface area contributed by atoms with Crippen molar-refractivity contribution >= 4 is 23.2 Å². The minimum atomic E-state index is 0.625. The van der Waals surface area contributed by atoms with E-state index in [1.807, 2.05) is 36.4 Å². The highest BCUT2D eigenvalue weighted by molar-refractivity contribution is 6.35. The van der Waals surface area contributed by atoms with Crippen LogP contribution >= 0.6 is 23.2 Å². The zero-order valence-corrected chi connectivity index (χ0v) is 19.5. The summed E-state index contributed by atoms with van der Waals surface area (Å²) in [6.07, 6.45) is 0. The second kappa shape index (κ2) is 9.62. The second-order valence-corrected chi connectivity index (χ2v) is 8.78. The Morgan fingerprint density at radius 2 is 0.970 bits per heavy atom. The number of halogens is 2. The van der Waals surface area contributed by atoms with E-state index in [1.165, 1.54) is 11.1 Å². The van der Waals surface area contributed by atoms with E-state index in [1.54, 1.807) is 0 Å². The van der Waals surface area contributed by atoms with Gasteiger partial charge in [0, 0.05) is 33.8 Å². The molecule has 0 bridgehead atoms. The van der Waals surface area contributed by atoms with E-state index in [4.69, 9.17) is 23.2 Å². The van der Waals surface area contributed by atoms with E-state index < -0.39 is 0 Å². The average molecular weight is 467 g/mol. The van der Waals surface area contributed by atoms with Crippen LogP contribution in [0.2, 0.25) is 10.0 Å². The van der Waals surface area contributed by atoms with Crippen LogP contribution in [0.1, 0.15) is 5.56 Å². The zero-order valence-electron chi connectivity index (χ0n) is 18.0. The lowest BCUT2D eigenvalue weighted by Gasteiger charge is -2.14. The largest absolute Gasteiger partial charge is 0.213 e. The minimum absolute atomic E-state index is 0.625. The third-order valence-corrected chi connectivity index (χ3v) is 6.34. The van der Waals surface area contributed by atoms with Crippen molar-refractivity contribution in [3.05, 3.63) is 137 Å². The highest BCUT2D eigenvalue weighted by atomic mass is 35.5. The average Bonchev–Trinajstić information content (AvgIpc) is 2.87. The molecule has 1 nitrogen and oxygen atoms in total. The summed E-state index contributed by atoms with van der Waals surface area (Å²) < 4.78 is 2.34. The van der Waals surface area contributed by atoms with Gasteiger partial charge in [0.05, 0.1) is 5.02 Å². The highest BCUT2D eigenvalue weighted by Crippen LogP contribution is 2.30. The van der Waals surface area contributed by atoms with Crippen molar-refractivity contribution in [2.75, 3.05) is 0 Å². The van der Waals surface area contributed by atoms with Gasteiger partial charge in [0.15, 0.2) is 6.54 Å². The summed E-state index contributed by atoms with van der Waals surface area (Å²) >= 11 is 12.8. The lowest BCUT2D eigenvalue weighted by molar-refractivity contribution is -0.666. The van der Waals surface area contributed by atoms with Crippen molar-refractivity contribution in [1.82, 2.24) is 0 Å². The number of aromatic nitrogens is 1. The van der Waals surface area contributed by atoms with Gasteiger partial charge < -0.3 is 0 Å². The predicted octanol–water partition coefficient (Wildman–Crippen LogP) is 8.33. The Hall–Kier alpha value is -3.39. The smallest absolute Gasteiger partial charge is 0.187 e. The van der Waals surface area contributed by atoms with Crippen molar-refractivity contribution < 1.29 is 4.57 Å². The first-order chi connectivity index (χ1) is 16.2. The second-order valence-electron chi connectivity index (χ2n) is 7.93. The summed E-state index contributed by atoms with van der Waals surface area (Å²) in [5.74, 6) is 0. The van der Waals surface area contributed by atoms with Gasteiger partial charge in [0.1, 0.15) is 0 Å². The van der Waals surface area contributed by atoms with E-state index in [0.717, 1.165) is 28.1 Å². The number of nitrogens with zero attached hydrogens (tertiary/aromatic N) is 1. The molecule has 0 fully saturated rings. The van der Waals surface area contributed by atoms with Gasteiger partial charge in [-0.1, -0.05) is 89.9 Å². The third-order valence-electron chi connectivity index (χ3n) is 5.76. The fraction of sp³-hybridized carbons (Fsp3) is 0.0333. The Morgan fingerprint density at radius 3 is 1.45 bits per heavy atom. The Balaban J connectivity index is 1.79. The normalized spacial score (nSPS) is 10.8. The van der Waals surface area contributed by atoms with Crippen LogP contribution in [0.15, 0.2) is 121 Å². The maximum Gasteiger partial charge on any atom is 0.213 e. The quantitative estimate of drug-likeness (QED) is 0.229. The van der Waals surface area contributed by atoms with Gasteiger partial charge in [-0.25, -0.2) is 0 Å². The topological polar surface area (TPSA) is 3.88 Å². The van der Waals surface area contributed by atoms with Gasteiger partial charge in [-0.3, -0.25) is 0 Å². The fourth-order valence-electron chi connectivity index (χ4n) is 4.11. The summed E-state index contributed by atoms with van der Waals surface area (Å²) in [7, 11) is 0. The monoisotopic (exact) mass is 466 g/mol. The molecule has 33 heavy (non-hydrogen) atoms. The molecule has 5 aromatic rings. The fourth-order valence-corrected chi connectivity index (χ4v) is 4.57. The molecule has 0 radical (unpaired) electrons. The maximum atomic E-state index is 6.61. The Bertz CT molecular complexity index is 1320. The van der Waals surface area contributed by atoms with Crippen LogP contribution in [0.25, 0.3) is 33.6 Å². The molecule has 0 amide bonds. The maximum absolute atomic E-state index is 6.61. The van der Waals surface area contributed by atoms with Gasteiger partial charge in [0.2, 0.25) is 11.4 Å². The zero-order chi connectivity index (χ0) is 22.6. The first-order valence-corrected chi connectivity index (χ1v) is 11.6. The van der Waals surface area contributed by atoms with Gasteiger partial charge in [-0.05, 0) is 53.6 Å². The molecule has 0 atom stereocenters. The summed E-state index contributed by atoms with van der Waals surface area (Å²) in [5, 5.41) is 1.31. The van der Waals surface area contributed by atoms with Crippen LogP contribution < -0.4 is 4.57 Å². The molecule has 4 aromatic carbocycles. The number of pyridine rings is 1. The first kappa shape index (κ1) is 21.5. The summed E-state index contributed by atoms with van der Waals surface area (Å²) in [5.41, 5.74) is 7.93. The SMILES string of the molecule is Clc1ccc(C[n+]2c(-c3ccccc3)cc(-c3ccccc3)cc2-c2ccccc2)c(Cl)c1. The van der Waals surface area contributed by atoms with Crippen LogP contribution in [0.3, 0.4) is 0 Å². The Morgan fingerprint density at radius 1 is 0.485 bits per heavy atom. The van der Waals surface area contributed by atoms with Crippen molar-refractivity contribution in [3.8, 4) is 33.6 Å². The molecule has 160 valence electrons. The van der Waals surface area contributed by atoms with E-state index >= 15 is 0 Å². The molecule has 1 heterocycles. The van der Waals surface area contributed by atoms with Crippen LogP contribution in [0.5, 0.6) is 0 Å². The molecular formula is C30H22Cl2N+. The molecule has 0 unspecified atom stereocenters. The predicted molar refractivity (Wildman–Crippen MR) is 139 cm³/mol. The molecular weight excluding hydrogens is 445 g/mol. The molecule has 0 aliphatic heterocycles. The molecule has 1 aromatic heterocycles. The molecule has 0 spiro atoms. The number of hydrogen-bond acceptors (Lipinski definition) is 0. The van der Waals surface area contributed by atoms with Crippen LogP contribution in [-0.4, -0.2) is 0 Å². The van der Waals surface area contributed by atoms with E-state index in [-0.39, 0.29) is 0 Å². The highest BCUT2D eigenvalue weighted by Gasteiger charge is 2.23. The molecule has 0 aliphatic carbocycles. The molecule has 0 N–H and O–H groups in total. The van der Waals surface area contributed by atoms with Gasteiger partial charge in [-0.2, -0.15) is 4.57 Å². The van der Waals surface area contributed by atoms with Crippen LogP contribution in [-0.2, 0) is 6.54 Å². The summed E-state index contributed by atoms with van der Waals surface area (Å²) in [6.45, 7) is 0.625. The summed E-state index contributed by atoms with van der Waals surface area (Å²) in [4.78, 5) is 0. The van der Waals surface area contributed by atoms with Crippen molar-refractivity contribution in [2.24, 2.45) is 0 Å². The molecule has 0 saturated carbocycles. The lowest BCUT2D eigenvalue weighted by atomic mass is 9.98. The molecule has 0 saturated heterocycles. The van der Waals surface area contributed by atoms with E-state index in [2.05, 4.69) is 89.5 Å². The van der Waals surface area contributed by atoms with E-state index in [9.17, 15) is 0 Å². The molecule has 0 aliphatic rings. The lowest BCUT2D eigenvalue weighted by Crippen LogP contribution is -2.39.